The Morgan fingerprint density at radius 1 is 1.42 bits per heavy atom. The Labute approximate surface area is 108 Å². The van der Waals surface area contributed by atoms with Gasteiger partial charge >= 0.3 is 5.97 Å². The molecule has 0 spiro atoms. The maximum absolute atomic E-state index is 11.2. The number of aromatic carboxylic acids is 1. The van der Waals surface area contributed by atoms with Gasteiger partial charge in [0.25, 0.3) is 5.69 Å². The number of hydrogen-bond donors (Lipinski definition) is 1. The molecule has 1 N–H and O–H groups in total. The van der Waals surface area contributed by atoms with Crippen LogP contribution in [0.5, 0.6) is 0 Å². The quantitative estimate of drug-likeness (QED) is 0.673. The van der Waals surface area contributed by atoms with Crippen molar-refractivity contribution in [3.8, 4) is 5.69 Å². The Morgan fingerprint density at radius 3 is 2.58 bits per heavy atom. The number of aromatic nitrogens is 2. The molecule has 0 aliphatic heterocycles. The van der Waals surface area contributed by atoms with E-state index in [0.717, 1.165) is 0 Å². The molecule has 0 radical (unpaired) electrons. The van der Waals surface area contributed by atoms with Gasteiger partial charge in [-0.25, -0.2) is 9.78 Å². The highest BCUT2D eigenvalue weighted by Crippen LogP contribution is 2.28. The number of para-hydroxylation sites is 1. The number of benzene rings is 1. The number of aryl methyl sites for hydroxylation is 1. The first-order chi connectivity index (χ1) is 8.93. The van der Waals surface area contributed by atoms with Gasteiger partial charge in [-0.05, 0) is 19.9 Å². The monoisotopic (exact) mass is 261 g/mol. The Hall–Kier alpha value is -2.70. The van der Waals surface area contributed by atoms with Crippen LogP contribution in [-0.2, 0) is 0 Å². The van der Waals surface area contributed by atoms with Crippen molar-refractivity contribution in [1.82, 2.24) is 9.55 Å². The summed E-state index contributed by atoms with van der Waals surface area (Å²) in [4.78, 5) is 25.7. The summed E-state index contributed by atoms with van der Waals surface area (Å²) in [6, 6.07) is 3.96. The summed E-state index contributed by atoms with van der Waals surface area (Å²) in [5, 5.41) is 20.2. The van der Waals surface area contributed by atoms with Gasteiger partial charge in [-0.2, -0.15) is 0 Å². The SMILES string of the molecule is Cc1ncn(-c2c(C(=O)O)cccc2[N+](=O)[O-])c1C. The average molecular weight is 261 g/mol. The normalized spacial score (nSPS) is 10.4. The summed E-state index contributed by atoms with van der Waals surface area (Å²) in [5.41, 5.74) is 0.986. The Bertz CT molecular complexity index is 643. The number of nitrogens with zero attached hydrogens (tertiary/aromatic N) is 3. The fraction of sp³-hybridized carbons (Fsp3) is 0.167. The van der Waals surface area contributed by atoms with E-state index in [9.17, 15) is 20.0 Å². The van der Waals surface area contributed by atoms with Gasteiger partial charge in [0.1, 0.15) is 5.69 Å². The Morgan fingerprint density at radius 2 is 2.11 bits per heavy atom. The number of nitro benzene ring substituents is 1. The molecule has 0 aliphatic carbocycles. The van der Waals surface area contributed by atoms with Crippen molar-refractivity contribution < 1.29 is 14.8 Å². The maximum atomic E-state index is 11.2. The van der Waals surface area contributed by atoms with Crippen molar-refractivity contribution in [2.45, 2.75) is 13.8 Å². The highest BCUT2D eigenvalue weighted by Gasteiger charge is 2.24. The predicted molar refractivity (Wildman–Crippen MR) is 66.7 cm³/mol. The molecule has 7 nitrogen and oxygen atoms in total. The Kier molecular flexibility index (Phi) is 3.04. The molecular weight excluding hydrogens is 250 g/mol. The molecule has 2 rings (SSSR count). The number of carbonyl (C=O) groups is 1. The zero-order chi connectivity index (χ0) is 14.2. The molecule has 19 heavy (non-hydrogen) atoms. The van der Waals surface area contributed by atoms with Crippen LogP contribution in [0.3, 0.4) is 0 Å². The lowest BCUT2D eigenvalue weighted by molar-refractivity contribution is -0.384. The lowest BCUT2D eigenvalue weighted by Crippen LogP contribution is -2.09. The third kappa shape index (κ3) is 2.05. The van der Waals surface area contributed by atoms with Gasteiger partial charge in [0, 0.05) is 11.8 Å². The number of imidazole rings is 1. The molecule has 1 heterocycles. The second-order valence-corrected chi connectivity index (χ2v) is 4.02. The van der Waals surface area contributed by atoms with Crippen molar-refractivity contribution in [3.05, 3.63) is 51.6 Å². The number of carboxylic acids is 1. The van der Waals surface area contributed by atoms with E-state index in [0.29, 0.717) is 11.4 Å². The van der Waals surface area contributed by atoms with E-state index in [1.54, 1.807) is 13.8 Å². The van der Waals surface area contributed by atoms with E-state index in [4.69, 9.17) is 0 Å². The smallest absolute Gasteiger partial charge is 0.338 e. The molecule has 98 valence electrons. The molecule has 0 saturated heterocycles. The minimum Gasteiger partial charge on any atom is -0.478 e. The maximum Gasteiger partial charge on any atom is 0.338 e. The molecule has 0 aliphatic rings. The topological polar surface area (TPSA) is 98.3 Å². The summed E-state index contributed by atoms with van der Waals surface area (Å²) in [7, 11) is 0. The van der Waals surface area contributed by atoms with Crippen molar-refractivity contribution in [3.63, 3.8) is 0 Å². The first-order valence-corrected chi connectivity index (χ1v) is 5.45. The van der Waals surface area contributed by atoms with Gasteiger partial charge in [0.15, 0.2) is 0 Å². The first kappa shape index (κ1) is 12.7. The number of carboxylic acid groups (broad SMARTS) is 1. The highest BCUT2D eigenvalue weighted by atomic mass is 16.6. The molecule has 0 amide bonds. The molecule has 7 heteroatoms. The molecule has 0 saturated carbocycles. The van der Waals surface area contributed by atoms with E-state index in [-0.39, 0.29) is 16.9 Å². The average Bonchev–Trinajstić information content (AvgIpc) is 2.68. The van der Waals surface area contributed by atoms with Crippen LogP contribution in [0, 0.1) is 24.0 Å². The van der Waals surface area contributed by atoms with Crippen molar-refractivity contribution in [1.29, 1.82) is 0 Å². The zero-order valence-electron chi connectivity index (χ0n) is 10.3. The minimum absolute atomic E-state index is 0.0260. The Balaban J connectivity index is 2.83. The summed E-state index contributed by atoms with van der Waals surface area (Å²) < 4.78 is 1.43. The van der Waals surface area contributed by atoms with E-state index >= 15 is 0 Å². The number of nitro groups is 1. The highest BCUT2D eigenvalue weighted by molar-refractivity contribution is 5.94. The van der Waals surface area contributed by atoms with Crippen molar-refractivity contribution in [2.24, 2.45) is 0 Å². The molecule has 0 bridgehead atoms. The van der Waals surface area contributed by atoms with Gasteiger partial charge in [-0.15, -0.1) is 0 Å². The van der Waals surface area contributed by atoms with Crippen LogP contribution < -0.4 is 0 Å². The van der Waals surface area contributed by atoms with E-state index in [1.807, 2.05) is 0 Å². The fourth-order valence-electron chi connectivity index (χ4n) is 1.83. The van der Waals surface area contributed by atoms with Crippen molar-refractivity contribution in [2.75, 3.05) is 0 Å². The van der Waals surface area contributed by atoms with Crippen LogP contribution >= 0.6 is 0 Å². The molecular formula is C12H11N3O4. The minimum atomic E-state index is -1.22. The van der Waals surface area contributed by atoms with E-state index in [1.165, 1.54) is 29.1 Å². The largest absolute Gasteiger partial charge is 0.478 e. The summed E-state index contributed by atoms with van der Waals surface area (Å²) in [6.45, 7) is 3.48. The molecule has 0 unspecified atom stereocenters. The standard InChI is InChI=1S/C12H11N3O4/c1-7-8(2)14(6-13-7)11-9(12(16)17)4-3-5-10(11)15(18)19/h3-6H,1-2H3,(H,16,17). The third-order valence-corrected chi connectivity index (χ3v) is 2.93. The van der Waals surface area contributed by atoms with Gasteiger partial charge in [0.2, 0.25) is 0 Å². The summed E-state index contributed by atoms with van der Waals surface area (Å²) in [5.74, 6) is -1.22. The number of hydrogen-bond acceptors (Lipinski definition) is 4. The van der Waals surface area contributed by atoms with Crippen LogP contribution in [0.25, 0.3) is 5.69 Å². The van der Waals surface area contributed by atoms with E-state index < -0.39 is 10.9 Å². The molecule has 2 aromatic rings. The van der Waals surface area contributed by atoms with Crippen LogP contribution in [0.15, 0.2) is 24.5 Å². The lowest BCUT2D eigenvalue weighted by atomic mass is 10.1. The fourth-order valence-corrected chi connectivity index (χ4v) is 1.83. The molecule has 0 atom stereocenters. The summed E-state index contributed by atoms with van der Waals surface area (Å²) in [6.07, 6.45) is 1.39. The second-order valence-electron chi connectivity index (χ2n) is 4.02. The lowest BCUT2D eigenvalue weighted by Gasteiger charge is -2.09. The van der Waals surface area contributed by atoms with Crippen LogP contribution in [0.2, 0.25) is 0 Å². The first-order valence-electron chi connectivity index (χ1n) is 5.45. The van der Waals surface area contributed by atoms with E-state index in [2.05, 4.69) is 4.98 Å². The molecule has 1 aromatic carbocycles. The zero-order valence-corrected chi connectivity index (χ0v) is 10.3. The van der Waals surface area contributed by atoms with Gasteiger partial charge in [0.05, 0.1) is 22.5 Å². The number of rotatable bonds is 3. The van der Waals surface area contributed by atoms with Gasteiger partial charge < -0.3 is 5.11 Å². The molecule has 1 aromatic heterocycles. The van der Waals surface area contributed by atoms with Crippen LogP contribution in [-0.4, -0.2) is 25.6 Å². The second kappa shape index (κ2) is 4.52. The summed E-state index contributed by atoms with van der Waals surface area (Å²) >= 11 is 0. The van der Waals surface area contributed by atoms with Gasteiger partial charge in [-0.1, -0.05) is 6.07 Å². The van der Waals surface area contributed by atoms with Crippen LogP contribution in [0.1, 0.15) is 21.7 Å². The van der Waals surface area contributed by atoms with Crippen LogP contribution in [0.4, 0.5) is 5.69 Å². The van der Waals surface area contributed by atoms with Crippen molar-refractivity contribution >= 4 is 11.7 Å². The van der Waals surface area contributed by atoms with Gasteiger partial charge in [-0.3, -0.25) is 14.7 Å². The molecule has 0 fully saturated rings. The predicted octanol–water partition coefficient (Wildman–Crippen LogP) is 2.10. The third-order valence-electron chi connectivity index (χ3n) is 2.93.